The lowest BCUT2D eigenvalue weighted by molar-refractivity contribution is -0.135. The molecule has 1 aromatic rings. The maximum Gasteiger partial charge on any atom is 0.227 e. The normalized spacial score (nSPS) is 20.8. The molecule has 2 rings (SSSR count). The van der Waals surface area contributed by atoms with Crippen molar-refractivity contribution in [2.24, 2.45) is 5.92 Å². The largest absolute Gasteiger partial charge is 0.398 e. The number of rotatable bonds is 4. The average molecular weight is 296 g/mol. The van der Waals surface area contributed by atoms with Gasteiger partial charge in [0.2, 0.25) is 5.91 Å². The van der Waals surface area contributed by atoms with Crippen molar-refractivity contribution < 1.29 is 13.2 Å². The second-order valence-corrected chi connectivity index (χ2v) is 7.38. The zero-order valence-electron chi connectivity index (χ0n) is 11.6. The number of hydrogen-bond acceptors (Lipinski definition) is 4. The first kappa shape index (κ1) is 14.8. The van der Waals surface area contributed by atoms with Crippen LogP contribution in [-0.4, -0.2) is 37.3 Å². The topological polar surface area (TPSA) is 80.5 Å². The molecule has 0 aromatic heterocycles. The van der Waals surface area contributed by atoms with Gasteiger partial charge in [-0.15, -0.1) is 0 Å². The van der Waals surface area contributed by atoms with E-state index < -0.39 is 15.8 Å². The highest BCUT2D eigenvalue weighted by Gasteiger charge is 2.35. The predicted molar refractivity (Wildman–Crippen MR) is 78.7 cm³/mol. The van der Waals surface area contributed by atoms with Gasteiger partial charge in [0, 0.05) is 18.8 Å². The molecule has 6 heteroatoms. The number of nitrogens with two attached hydrogens (primary N) is 1. The summed E-state index contributed by atoms with van der Waals surface area (Å²) >= 11 is 0. The van der Waals surface area contributed by atoms with Gasteiger partial charge < -0.3 is 10.6 Å². The summed E-state index contributed by atoms with van der Waals surface area (Å²) in [6.07, 6.45) is 0.432. The van der Waals surface area contributed by atoms with Crippen molar-refractivity contribution >= 4 is 21.4 Å². The fourth-order valence-electron chi connectivity index (χ4n) is 2.48. The number of nitrogens with zero attached hydrogens (tertiary/aromatic N) is 1. The Morgan fingerprint density at radius 1 is 1.40 bits per heavy atom. The summed E-state index contributed by atoms with van der Waals surface area (Å²) in [6, 6.07) is 7.41. The molecule has 1 saturated heterocycles. The van der Waals surface area contributed by atoms with Gasteiger partial charge in [-0.25, -0.2) is 8.42 Å². The molecule has 0 aliphatic carbocycles. The predicted octanol–water partition coefficient (Wildman–Crippen LogP) is 1.05. The molecule has 1 aliphatic rings. The van der Waals surface area contributed by atoms with E-state index in [9.17, 15) is 13.2 Å². The Bertz CT molecular complexity index is 598. The Labute approximate surface area is 119 Å². The molecule has 110 valence electrons. The number of carbonyl (C=O) groups excluding carboxylic acids is 1. The summed E-state index contributed by atoms with van der Waals surface area (Å²) in [4.78, 5) is 14.1. The van der Waals surface area contributed by atoms with Gasteiger partial charge in [0.15, 0.2) is 9.84 Å². The van der Waals surface area contributed by atoms with Crippen LogP contribution in [0.15, 0.2) is 24.3 Å². The molecule has 1 atom stereocenters. The zero-order chi connectivity index (χ0) is 14.8. The van der Waals surface area contributed by atoms with Crippen LogP contribution < -0.4 is 5.73 Å². The van der Waals surface area contributed by atoms with Crippen molar-refractivity contribution in [3.05, 3.63) is 29.8 Å². The number of benzene rings is 1. The minimum Gasteiger partial charge on any atom is -0.398 e. The molecule has 1 fully saturated rings. The Hall–Kier alpha value is -1.56. The lowest BCUT2D eigenvalue weighted by atomic mass is 10.1. The second kappa shape index (κ2) is 5.83. The van der Waals surface area contributed by atoms with E-state index in [2.05, 4.69) is 0 Å². The van der Waals surface area contributed by atoms with Gasteiger partial charge in [-0.05, 0) is 25.0 Å². The van der Waals surface area contributed by atoms with Gasteiger partial charge in [0.1, 0.15) is 0 Å². The minimum atomic E-state index is -3.04. The van der Waals surface area contributed by atoms with Gasteiger partial charge >= 0.3 is 0 Å². The number of amides is 1. The molecule has 5 nitrogen and oxygen atoms in total. The molecule has 0 saturated carbocycles. The number of nitrogen functional groups attached to an aromatic ring is 1. The summed E-state index contributed by atoms with van der Waals surface area (Å²) < 4.78 is 23.0. The average Bonchev–Trinajstić information content (AvgIpc) is 2.77. The number of hydrogen-bond donors (Lipinski definition) is 1. The maximum absolute atomic E-state index is 12.4. The lowest BCUT2D eigenvalue weighted by Crippen LogP contribution is -2.36. The first-order valence-corrected chi connectivity index (χ1v) is 8.57. The fraction of sp³-hybridized carbons (Fsp3) is 0.500. The molecule has 0 bridgehead atoms. The van der Waals surface area contributed by atoms with Gasteiger partial charge in [-0.3, -0.25) is 4.79 Å². The van der Waals surface area contributed by atoms with Gasteiger partial charge in [0.05, 0.1) is 17.4 Å². The van der Waals surface area contributed by atoms with Crippen LogP contribution in [0.25, 0.3) is 0 Å². The Balaban J connectivity index is 2.09. The standard InChI is InChI=1S/C14H20N2O3S/c1-2-16(9-11-5-3-4-6-13(11)15)14(17)12-7-8-20(18,19)10-12/h3-6,12H,2,7-10,15H2,1H3. The van der Waals surface area contributed by atoms with Crippen LogP contribution in [0.2, 0.25) is 0 Å². The van der Waals surface area contributed by atoms with Crippen molar-refractivity contribution in [1.29, 1.82) is 0 Å². The molecule has 1 amide bonds. The van der Waals surface area contributed by atoms with E-state index in [1.54, 1.807) is 11.0 Å². The molecular weight excluding hydrogens is 276 g/mol. The van der Waals surface area contributed by atoms with Crippen molar-refractivity contribution in [2.45, 2.75) is 19.9 Å². The van der Waals surface area contributed by atoms with Crippen molar-refractivity contribution in [3.8, 4) is 0 Å². The third-order valence-electron chi connectivity index (χ3n) is 3.69. The fourth-order valence-corrected chi connectivity index (χ4v) is 4.21. The third kappa shape index (κ3) is 3.30. The van der Waals surface area contributed by atoms with E-state index in [1.165, 1.54) is 0 Å². The van der Waals surface area contributed by atoms with Crippen LogP contribution in [0.4, 0.5) is 5.69 Å². The molecule has 1 unspecified atom stereocenters. The summed E-state index contributed by atoms with van der Waals surface area (Å²) in [5.41, 5.74) is 7.43. The van der Waals surface area contributed by atoms with Crippen LogP contribution in [0.1, 0.15) is 18.9 Å². The van der Waals surface area contributed by atoms with E-state index in [-0.39, 0.29) is 17.4 Å². The molecule has 0 radical (unpaired) electrons. The number of carbonyl (C=O) groups is 1. The molecule has 0 spiro atoms. The Kier molecular flexibility index (Phi) is 4.32. The van der Waals surface area contributed by atoms with Crippen LogP contribution in [0, 0.1) is 5.92 Å². The van der Waals surface area contributed by atoms with Crippen LogP contribution in [0.3, 0.4) is 0 Å². The summed E-state index contributed by atoms with van der Waals surface area (Å²) in [5.74, 6) is -0.386. The minimum absolute atomic E-state index is 0.0212. The Morgan fingerprint density at radius 2 is 2.10 bits per heavy atom. The van der Waals surface area contributed by atoms with Gasteiger partial charge in [0.25, 0.3) is 0 Å². The van der Waals surface area contributed by atoms with E-state index in [0.29, 0.717) is 25.2 Å². The highest BCUT2D eigenvalue weighted by Crippen LogP contribution is 2.22. The summed E-state index contributed by atoms with van der Waals surface area (Å²) in [5, 5.41) is 0. The van der Waals surface area contributed by atoms with Gasteiger partial charge in [-0.1, -0.05) is 18.2 Å². The zero-order valence-corrected chi connectivity index (χ0v) is 12.4. The van der Waals surface area contributed by atoms with Crippen LogP contribution >= 0.6 is 0 Å². The highest BCUT2D eigenvalue weighted by molar-refractivity contribution is 7.91. The van der Waals surface area contributed by atoms with Crippen LogP contribution in [0.5, 0.6) is 0 Å². The molecule has 20 heavy (non-hydrogen) atoms. The number of anilines is 1. The molecular formula is C14H20N2O3S. The Morgan fingerprint density at radius 3 is 2.65 bits per heavy atom. The van der Waals surface area contributed by atoms with Crippen molar-refractivity contribution in [1.82, 2.24) is 4.90 Å². The molecule has 1 aliphatic heterocycles. The number of para-hydroxylation sites is 1. The number of sulfone groups is 1. The summed E-state index contributed by atoms with van der Waals surface area (Å²) in [7, 11) is -3.04. The maximum atomic E-state index is 12.4. The molecule has 1 heterocycles. The summed E-state index contributed by atoms with van der Waals surface area (Å²) in [6.45, 7) is 2.86. The van der Waals surface area contributed by atoms with E-state index >= 15 is 0 Å². The quantitative estimate of drug-likeness (QED) is 0.842. The monoisotopic (exact) mass is 296 g/mol. The lowest BCUT2D eigenvalue weighted by Gasteiger charge is -2.24. The van der Waals surface area contributed by atoms with Crippen molar-refractivity contribution in [3.63, 3.8) is 0 Å². The first-order valence-electron chi connectivity index (χ1n) is 6.75. The van der Waals surface area contributed by atoms with Gasteiger partial charge in [-0.2, -0.15) is 0 Å². The van der Waals surface area contributed by atoms with Crippen molar-refractivity contribution in [2.75, 3.05) is 23.8 Å². The van der Waals surface area contributed by atoms with E-state index in [1.807, 2.05) is 25.1 Å². The SMILES string of the molecule is CCN(Cc1ccccc1N)C(=O)C1CCS(=O)(=O)C1. The first-order chi connectivity index (χ1) is 9.43. The second-order valence-electron chi connectivity index (χ2n) is 5.15. The van der Waals surface area contributed by atoms with E-state index in [0.717, 1.165) is 5.56 Å². The molecule has 1 aromatic carbocycles. The van der Waals surface area contributed by atoms with E-state index in [4.69, 9.17) is 5.73 Å². The third-order valence-corrected chi connectivity index (χ3v) is 5.46. The molecule has 2 N–H and O–H groups in total. The smallest absolute Gasteiger partial charge is 0.227 e. The van der Waals surface area contributed by atoms with Crippen LogP contribution in [-0.2, 0) is 21.2 Å². The highest BCUT2D eigenvalue weighted by atomic mass is 32.2.